The molecule has 4 rings (SSSR count). The van der Waals surface area contributed by atoms with Crippen molar-refractivity contribution >= 4 is 22.8 Å². The monoisotopic (exact) mass is 370 g/mol. The number of fused-ring (bicyclic) bond motifs is 3. The van der Waals surface area contributed by atoms with Crippen molar-refractivity contribution in [3.8, 4) is 11.3 Å². The highest BCUT2D eigenvalue weighted by Gasteiger charge is 2.25. The molecule has 0 radical (unpaired) electrons. The summed E-state index contributed by atoms with van der Waals surface area (Å²) in [4.78, 5) is 13.2. The van der Waals surface area contributed by atoms with Crippen molar-refractivity contribution in [2.45, 2.75) is 17.9 Å². The van der Waals surface area contributed by atoms with Crippen LogP contribution in [0, 0.1) is 0 Å². The molecule has 0 saturated heterocycles. The Morgan fingerprint density at radius 2 is 1.92 bits per heavy atom. The number of halogens is 1. The maximum absolute atomic E-state index is 12.5. The van der Waals surface area contributed by atoms with Gasteiger partial charge in [0, 0.05) is 17.5 Å². The van der Waals surface area contributed by atoms with E-state index in [0.29, 0.717) is 23.7 Å². The summed E-state index contributed by atoms with van der Waals surface area (Å²) in [6, 6.07) is 16.5. The quantitative estimate of drug-likeness (QED) is 0.650. The first-order valence-corrected chi connectivity index (χ1v) is 9.65. The lowest BCUT2D eigenvalue weighted by Crippen LogP contribution is -2.24. The first-order valence-electron chi connectivity index (χ1n) is 7.95. The van der Waals surface area contributed by atoms with Gasteiger partial charge in [-0.05, 0) is 46.6 Å². The number of nitrogens with zero attached hydrogens (tertiary/aromatic N) is 2. The zero-order valence-electron chi connectivity index (χ0n) is 13.3. The average Bonchev–Trinajstić information content (AvgIpc) is 2.75. The van der Waals surface area contributed by atoms with Gasteiger partial charge in [0.2, 0.25) is 0 Å². The van der Waals surface area contributed by atoms with Crippen LogP contribution < -0.4 is 5.56 Å². The molecule has 4 nitrogen and oxygen atoms in total. The average molecular weight is 371 g/mol. The number of aromatic nitrogens is 2. The van der Waals surface area contributed by atoms with E-state index in [4.69, 9.17) is 11.6 Å². The van der Waals surface area contributed by atoms with Crippen LogP contribution in [0.3, 0.4) is 0 Å². The lowest BCUT2D eigenvalue weighted by atomic mass is 10.1. The van der Waals surface area contributed by atoms with Crippen LogP contribution >= 0.6 is 11.6 Å². The minimum atomic E-state index is -1.08. The molecule has 0 aliphatic carbocycles. The fraction of sp³-hybridized carbons (Fsp3) is 0.158. The van der Waals surface area contributed by atoms with Crippen molar-refractivity contribution in [2.75, 3.05) is 5.75 Å². The van der Waals surface area contributed by atoms with Gasteiger partial charge in [-0.2, -0.15) is 5.10 Å². The number of hydrogen-bond donors (Lipinski definition) is 0. The van der Waals surface area contributed by atoms with Crippen LogP contribution in [-0.2, 0) is 24.1 Å². The smallest absolute Gasteiger partial charge is 0.267 e. The molecule has 1 aliphatic rings. The molecule has 1 aliphatic heterocycles. The molecule has 2 heterocycles. The summed E-state index contributed by atoms with van der Waals surface area (Å²) >= 11 is 4.84. The largest absolute Gasteiger partial charge is 0.611 e. The van der Waals surface area contributed by atoms with Gasteiger partial charge in [-0.25, -0.2) is 4.68 Å². The van der Waals surface area contributed by atoms with Crippen molar-refractivity contribution in [3.63, 3.8) is 0 Å². The van der Waals surface area contributed by atoms with E-state index in [1.807, 2.05) is 36.4 Å². The number of aryl methyl sites for hydroxylation is 1. The molecule has 3 aromatic rings. The summed E-state index contributed by atoms with van der Waals surface area (Å²) in [5.74, 6) is 0.506. The summed E-state index contributed by atoms with van der Waals surface area (Å²) in [5, 5.41) is 5.26. The molecule has 0 spiro atoms. The molecule has 1 aromatic heterocycles. The van der Waals surface area contributed by atoms with Gasteiger partial charge in [-0.3, -0.25) is 4.79 Å². The molecular formula is C19H15ClN2O2S. The van der Waals surface area contributed by atoms with Crippen molar-refractivity contribution in [1.82, 2.24) is 9.78 Å². The van der Waals surface area contributed by atoms with Crippen molar-refractivity contribution in [3.05, 3.63) is 81.1 Å². The molecule has 0 fully saturated rings. The molecule has 0 N–H and O–H groups in total. The SMILES string of the molecule is O=c1cc2c(nn1Cc1ccc(Cl)cc1)-c1ccccc1[S+]([O-])CC2. The lowest BCUT2D eigenvalue weighted by molar-refractivity contribution is 0.595. The summed E-state index contributed by atoms with van der Waals surface area (Å²) in [5.41, 5.74) is 3.24. The van der Waals surface area contributed by atoms with Gasteiger partial charge in [0.15, 0.2) is 4.90 Å². The third-order valence-electron chi connectivity index (χ3n) is 4.27. The predicted octanol–water partition coefficient (Wildman–Crippen LogP) is 3.28. The second kappa shape index (κ2) is 6.67. The van der Waals surface area contributed by atoms with Crippen molar-refractivity contribution in [1.29, 1.82) is 0 Å². The van der Waals surface area contributed by atoms with E-state index in [9.17, 15) is 9.35 Å². The van der Waals surface area contributed by atoms with Crippen LogP contribution in [0.1, 0.15) is 11.1 Å². The third kappa shape index (κ3) is 3.23. The molecule has 126 valence electrons. The number of hydrogen-bond acceptors (Lipinski definition) is 3. The maximum Gasteiger partial charge on any atom is 0.267 e. The molecule has 1 atom stereocenters. The summed E-state index contributed by atoms with van der Waals surface area (Å²) in [7, 11) is 0. The fourth-order valence-electron chi connectivity index (χ4n) is 2.99. The van der Waals surface area contributed by atoms with Crippen molar-refractivity contribution < 1.29 is 4.55 Å². The Kier molecular flexibility index (Phi) is 4.37. The second-order valence-corrected chi connectivity index (χ2v) is 7.91. The topological polar surface area (TPSA) is 58.0 Å². The van der Waals surface area contributed by atoms with E-state index >= 15 is 0 Å². The Hall–Kier alpha value is -2.08. The summed E-state index contributed by atoms with van der Waals surface area (Å²) in [6.07, 6.45) is 0.584. The van der Waals surface area contributed by atoms with E-state index in [1.165, 1.54) is 4.68 Å². The van der Waals surface area contributed by atoms with Gasteiger partial charge in [-0.1, -0.05) is 35.9 Å². The molecular weight excluding hydrogens is 356 g/mol. The summed E-state index contributed by atoms with van der Waals surface area (Å²) in [6.45, 7) is 0.370. The Balaban J connectivity index is 1.82. The molecule has 0 amide bonds. The highest BCUT2D eigenvalue weighted by atomic mass is 35.5. The fourth-order valence-corrected chi connectivity index (χ4v) is 4.38. The van der Waals surface area contributed by atoms with Crippen LogP contribution in [0.5, 0.6) is 0 Å². The van der Waals surface area contributed by atoms with E-state index in [1.54, 1.807) is 18.2 Å². The van der Waals surface area contributed by atoms with Crippen molar-refractivity contribution in [2.24, 2.45) is 0 Å². The standard InChI is InChI=1S/C19H15ClN2O2S/c20-15-7-5-13(6-8-15)12-22-18(23)11-14-9-10-25(24)17-4-2-1-3-16(17)19(14)21-22/h1-8,11H,9-10,12H2. The van der Waals surface area contributed by atoms with Crippen LogP contribution in [-0.4, -0.2) is 20.1 Å². The van der Waals surface area contributed by atoms with E-state index in [0.717, 1.165) is 27.3 Å². The van der Waals surface area contributed by atoms with E-state index in [-0.39, 0.29) is 5.56 Å². The molecule has 0 bridgehead atoms. The Labute approximate surface area is 153 Å². The maximum atomic E-state index is 12.5. The minimum Gasteiger partial charge on any atom is -0.611 e. The zero-order chi connectivity index (χ0) is 17.4. The van der Waals surface area contributed by atoms with Gasteiger partial charge < -0.3 is 4.55 Å². The normalized spacial score (nSPS) is 16.0. The Morgan fingerprint density at radius 3 is 2.72 bits per heavy atom. The first-order chi connectivity index (χ1) is 12.1. The van der Waals surface area contributed by atoms with Crippen LogP contribution in [0.15, 0.2) is 64.3 Å². The summed E-state index contributed by atoms with van der Waals surface area (Å²) < 4.78 is 13.9. The van der Waals surface area contributed by atoms with Crippen LogP contribution in [0.4, 0.5) is 0 Å². The third-order valence-corrected chi connectivity index (χ3v) is 5.94. The van der Waals surface area contributed by atoms with E-state index < -0.39 is 11.2 Å². The van der Waals surface area contributed by atoms with Gasteiger partial charge >= 0.3 is 0 Å². The Morgan fingerprint density at radius 1 is 1.16 bits per heavy atom. The van der Waals surface area contributed by atoms with Gasteiger partial charge in [0.25, 0.3) is 5.56 Å². The molecule has 25 heavy (non-hydrogen) atoms. The van der Waals surface area contributed by atoms with Gasteiger partial charge in [0.05, 0.1) is 17.8 Å². The van der Waals surface area contributed by atoms with E-state index in [2.05, 4.69) is 5.10 Å². The lowest BCUT2D eigenvalue weighted by Gasteiger charge is -2.11. The zero-order valence-corrected chi connectivity index (χ0v) is 14.9. The van der Waals surface area contributed by atoms with Gasteiger partial charge in [0.1, 0.15) is 5.75 Å². The molecule has 1 unspecified atom stereocenters. The Bertz CT molecular complexity index is 985. The van der Waals surface area contributed by atoms with Gasteiger partial charge in [-0.15, -0.1) is 0 Å². The minimum absolute atomic E-state index is 0.154. The molecule has 0 saturated carbocycles. The van der Waals surface area contributed by atoms with Crippen LogP contribution in [0.2, 0.25) is 5.02 Å². The highest BCUT2D eigenvalue weighted by molar-refractivity contribution is 7.91. The molecule has 2 aromatic carbocycles. The first kappa shape index (κ1) is 16.4. The molecule has 6 heteroatoms. The highest BCUT2D eigenvalue weighted by Crippen LogP contribution is 2.32. The number of benzene rings is 2. The second-order valence-electron chi connectivity index (χ2n) is 5.94. The number of rotatable bonds is 2. The van der Waals surface area contributed by atoms with Crippen LogP contribution in [0.25, 0.3) is 11.3 Å². The predicted molar refractivity (Wildman–Crippen MR) is 99.5 cm³/mol.